The van der Waals surface area contributed by atoms with Crippen molar-refractivity contribution in [1.29, 1.82) is 0 Å². The summed E-state index contributed by atoms with van der Waals surface area (Å²) in [5.74, 6) is 0.304. The number of halogens is 1. The molecule has 1 N–H and O–H groups in total. The third-order valence-electron chi connectivity index (χ3n) is 3.16. The Kier molecular flexibility index (Phi) is 7.18. The quantitative estimate of drug-likeness (QED) is 0.452. The van der Waals surface area contributed by atoms with Gasteiger partial charge in [0.2, 0.25) is 0 Å². The first-order chi connectivity index (χ1) is 9.89. The van der Waals surface area contributed by atoms with E-state index in [1.54, 1.807) is 12.1 Å². The average molecular weight is 313 g/mol. The second-order valence-corrected chi connectivity index (χ2v) is 6.64. The maximum absolute atomic E-state index is 13.5. The molecule has 3 nitrogen and oxygen atoms in total. The van der Waals surface area contributed by atoms with Gasteiger partial charge in [-0.05, 0) is 51.5 Å². The highest BCUT2D eigenvalue weighted by atomic mass is 32.2. The number of carbonyl (C=O) groups is 1. The Morgan fingerprint density at radius 2 is 2.10 bits per heavy atom. The van der Waals surface area contributed by atoms with Gasteiger partial charge in [0, 0.05) is 10.9 Å². The molecule has 0 heterocycles. The fourth-order valence-electron chi connectivity index (χ4n) is 2.27. The topological polar surface area (TPSA) is 38.3 Å². The number of nitrogens with one attached hydrogen (secondary N) is 1. The molecule has 0 aliphatic carbocycles. The number of hydrogen-bond acceptors (Lipinski definition) is 4. The highest BCUT2D eigenvalue weighted by Crippen LogP contribution is 2.24. The number of benzene rings is 1. The van der Waals surface area contributed by atoms with E-state index in [0.29, 0.717) is 11.3 Å². The third-order valence-corrected chi connectivity index (χ3v) is 4.29. The first-order valence-electron chi connectivity index (χ1n) is 7.12. The van der Waals surface area contributed by atoms with Crippen molar-refractivity contribution >= 4 is 17.7 Å². The van der Waals surface area contributed by atoms with Crippen LogP contribution in [0, 0.1) is 5.82 Å². The van der Waals surface area contributed by atoms with Crippen molar-refractivity contribution < 1.29 is 13.9 Å². The molecule has 1 rings (SSSR count). The zero-order valence-electron chi connectivity index (χ0n) is 13.1. The first-order valence-corrected chi connectivity index (χ1v) is 8.11. The van der Waals surface area contributed by atoms with Gasteiger partial charge in [-0.25, -0.2) is 4.39 Å². The largest absolute Gasteiger partial charge is 0.468 e. The van der Waals surface area contributed by atoms with Crippen LogP contribution in [0.15, 0.2) is 29.2 Å². The van der Waals surface area contributed by atoms with Crippen molar-refractivity contribution in [2.45, 2.75) is 50.1 Å². The Hall–Kier alpha value is -1.07. The van der Waals surface area contributed by atoms with Crippen LogP contribution < -0.4 is 5.32 Å². The lowest BCUT2D eigenvalue weighted by molar-refractivity contribution is -0.148. The minimum absolute atomic E-state index is 0.188. The summed E-state index contributed by atoms with van der Waals surface area (Å²) in [6.07, 6.45) is 1.45. The van der Waals surface area contributed by atoms with Gasteiger partial charge in [0.15, 0.2) is 0 Å². The van der Waals surface area contributed by atoms with E-state index in [2.05, 4.69) is 5.32 Å². The molecule has 0 spiro atoms. The molecule has 1 aromatic rings. The van der Waals surface area contributed by atoms with E-state index in [9.17, 15) is 9.18 Å². The highest BCUT2D eigenvalue weighted by molar-refractivity contribution is 7.99. The van der Waals surface area contributed by atoms with E-state index < -0.39 is 5.54 Å². The summed E-state index contributed by atoms with van der Waals surface area (Å²) in [5, 5.41) is 3.26. The molecule has 118 valence electrons. The molecule has 1 aromatic carbocycles. The smallest absolute Gasteiger partial charge is 0.325 e. The molecule has 0 fully saturated rings. The Morgan fingerprint density at radius 1 is 1.43 bits per heavy atom. The van der Waals surface area contributed by atoms with Crippen molar-refractivity contribution in [3.63, 3.8) is 0 Å². The summed E-state index contributed by atoms with van der Waals surface area (Å²) in [4.78, 5) is 12.6. The van der Waals surface area contributed by atoms with Crippen LogP contribution in [-0.2, 0) is 9.53 Å². The van der Waals surface area contributed by atoms with Crippen LogP contribution in [-0.4, -0.2) is 30.4 Å². The van der Waals surface area contributed by atoms with Gasteiger partial charge in [0.1, 0.15) is 11.4 Å². The van der Waals surface area contributed by atoms with Crippen molar-refractivity contribution in [3.05, 3.63) is 30.1 Å². The summed E-state index contributed by atoms with van der Waals surface area (Å²) in [7, 11) is 1.40. The third kappa shape index (κ3) is 5.67. The zero-order valence-corrected chi connectivity index (χ0v) is 13.9. The lowest BCUT2D eigenvalue weighted by atomic mass is 9.95. The van der Waals surface area contributed by atoms with Gasteiger partial charge in [0.25, 0.3) is 0 Å². The maximum atomic E-state index is 13.5. The Morgan fingerprint density at radius 3 is 2.67 bits per heavy atom. The zero-order chi connectivity index (χ0) is 15.9. The molecule has 5 heteroatoms. The maximum Gasteiger partial charge on any atom is 0.325 e. The van der Waals surface area contributed by atoms with Gasteiger partial charge in [-0.1, -0.05) is 12.1 Å². The number of rotatable bonds is 8. The molecule has 0 radical (unpaired) electrons. The average Bonchev–Trinajstić information content (AvgIpc) is 2.43. The molecular formula is C16H24FNO2S. The summed E-state index contributed by atoms with van der Waals surface area (Å²) in [5.41, 5.74) is -0.696. The Labute approximate surface area is 130 Å². The van der Waals surface area contributed by atoms with E-state index in [1.165, 1.54) is 24.9 Å². The van der Waals surface area contributed by atoms with Gasteiger partial charge in [-0.2, -0.15) is 0 Å². The molecule has 0 aliphatic heterocycles. The standard InChI is InChI=1S/C16H24FNO2S/c1-12(2)18-16(3,15(19)20-4)10-7-11-21-14-9-6-5-8-13(14)17/h5-6,8-9,12,18H,7,10-11H2,1-4H3. The molecule has 0 saturated heterocycles. The molecule has 0 saturated carbocycles. The van der Waals surface area contributed by atoms with E-state index in [4.69, 9.17) is 4.74 Å². The summed E-state index contributed by atoms with van der Waals surface area (Å²) >= 11 is 1.47. The van der Waals surface area contributed by atoms with Crippen molar-refractivity contribution in [3.8, 4) is 0 Å². The summed E-state index contributed by atoms with van der Waals surface area (Å²) in [6, 6.07) is 6.92. The Bertz CT molecular complexity index is 467. The molecule has 0 aliphatic rings. The number of ether oxygens (including phenoxy) is 1. The van der Waals surface area contributed by atoms with E-state index in [1.807, 2.05) is 26.8 Å². The van der Waals surface area contributed by atoms with Crippen LogP contribution in [0.1, 0.15) is 33.6 Å². The van der Waals surface area contributed by atoms with Crippen molar-refractivity contribution in [2.75, 3.05) is 12.9 Å². The molecular weight excluding hydrogens is 289 g/mol. The second-order valence-electron chi connectivity index (χ2n) is 5.51. The number of methoxy groups -OCH3 is 1. The SMILES string of the molecule is COC(=O)C(C)(CCCSc1ccccc1F)NC(C)C. The normalized spacial score (nSPS) is 14.0. The van der Waals surface area contributed by atoms with Crippen LogP contribution in [0.25, 0.3) is 0 Å². The van der Waals surface area contributed by atoms with E-state index >= 15 is 0 Å². The predicted molar refractivity (Wildman–Crippen MR) is 85.1 cm³/mol. The second kappa shape index (κ2) is 8.39. The minimum Gasteiger partial charge on any atom is -0.468 e. The molecule has 21 heavy (non-hydrogen) atoms. The van der Waals surface area contributed by atoms with Gasteiger partial charge in [0.05, 0.1) is 7.11 Å². The van der Waals surface area contributed by atoms with E-state index in [-0.39, 0.29) is 17.8 Å². The van der Waals surface area contributed by atoms with E-state index in [0.717, 1.165) is 12.2 Å². The lowest BCUT2D eigenvalue weighted by Gasteiger charge is -2.30. The van der Waals surface area contributed by atoms with Gasteiger partial charge in [-0.3, -0.25) is 10.1 Å². The van der Waals surface area contributed by atoms with Crippen molar-refractivity contribution in [1.82, 2.24) is 5.32 Å². The first kappa shape index (κ1) is 18.0. The molecule has 1 atom stereocenters. The fraction of sp³-hybridized carbons (Fsp3) is 0.562. The van der Waals surface area contributed by atoms with Crippen LogP contribution >= 0.6 is 11.8 Å². The summed E-state index contributed by atoms with van der Waals surface area (Å²) < 4.78 is 18.4. The molecule has 0 amide bonds. The van der Waals surface area contributed by atoms with Crippen LogP contribution in [0.4, 0.5) is 4.39 Å². The minimum atomic E-state index is -0.696. The highest BCUT2D eigenvalue weighted by Gasteiger charge is 2.34. The number of hydrogen-bond donors (Lipinski definition) is 1. The summed E-state index contributed by atoms with van der Waals surface area (Å²) in [6.45, 7) is 5.84. The number of carbonyl (C=O) groups excluding carboxylic acids is 1. The van der Waals surface area contributed by atoms with Gasteiger partial charge >= 0.3 is 5.97 Å². The Balaban J connectivity index is 2.51. The van der Waals surface area contributed by atoms with Gasteiger partial charge in [-0.15, -0.1) is 11.8 Å². The molecule has 0 bridgehead atoms. The molecule has 0 aromatic heterocycles. The number of esters is 1. The van der Waals surface area contributed by atoms with Crippen LogP contribution in [0.5, 0.6) is 0 Å². The van der Waals surface area contributed by atoms with Gasteiger partial charge < -0.3 is 4.74 Å². The molecule has 1 unspecified atom stereocenters. The van der Waals surface area contributed by atoms with Crippen molar-refractivity contribution in [2.24, 2.45) is 0 Å². The van der Waals surface area contributed by atoms with Crippen LogP contribution in [0.3, 0.4) is 0 Å². The van der Waals surface area contributed by atoms with Crippen LogP contribution in [0.2, 0.25) is 0 Å². The monoisotopic (exact) mass is 313 g/mol. The predicted octanol–water partition coefficient (Wildman–Crippen LogP) is 3.63. The fourth-order valence-corrected chi connectivity index (χ4v) is 3.15. The lowest BCUT2D eigenvalue weighted by Crippen LogP contribution is -2.53. The number of thioether (sulfide) groups is 1.